The first-order valence-corrected chi connectivity index (χ1v) is 6.49. The van der Waals surface area contributed by atoms with Crippen LogP contribution in [-0.4, -0.2) is 17.8 Å². The largest absolute Gasteiger partial charge is 0.416 e. The van der Waals surface area contributed by atoms with E-state index in [-0.39, 0.29) is 5.56 Å². The molecule has 0 aromatic heterocycles. The Morgan fingerprint density at radius 1 is 0.905 bits per heavy atom. The van der Waals surface area contributed by atoms with Crippen molar-refractivity contribution in [1.82, 2.24) is 0 Å². The predicted molar refractivity (Wildman–Crippen MR) is 70.6 cm³/mol. The molecule has 0 saturated carbocycles. The molecule has 1 N–H and O–H groups in total. The van der Waals surface area contributed by atoms with Crippen molar-refractivity contribution in [1.29, 1.82) is 0 Å². The normalized spacial score (nSPS) is 20.9. The fourth-order valence-corrected chi connectivity index (χ4v) is 2.45. The second-order valence-corrected chi connectivity index (χ2v) is 5.03. The molecule has 2 atom stereocenters. The van der Waals surface area contributed by atoms with E-state index in [1.807, 2.05) is 0 Å². The minimum atomic E-state index is -4.45. The average Bonchev–Trinajstić information content (AvgIpc) is 3.31. The molecule has 2 aromatic rings. The quantitative estimate of drug-likeness (QED) is 0.881. The number of hydrogen-bond acceptors (Lipinski definition) is 2. The van der Waals surface area contributed by atoms with Crippen molar-refractivity contribution in [2.45, 2.75) is 17.9 Å². The van der Waals surface area contributed by atoms with Crippen LogP contribution >= 0.6 is 0 Å². The van der Waals surface area contributed by atoms with E-state index in [9.17, 15) is 18.3 Å². The Hall–Kier alpha value is -1.85. The molecule has 2 unspecified atom stereocenters. The molecular weight excluding hydrogens is 281 g/mol. The second-order valence-electron chi connectivity index (χ2n) is 5.03. The molecule has 5 heteroatoms. The van der Waals surface area contributed by atoms with Crippen molar-refractivity contribution in [2.24, 2.45) is 0 Å². The van der Waals surface area contributed by atoms with E-state index in [2.05, 4.69) is 0 Å². The van der Waals surface area contributed by atoms with Crippen molar-refractivity contribution < 1.29 is 23.0 Å². The van der Waals surface area contributed by atoms with Gasteiger partial charge in [0.15, 0.2) is 0 Å². The van der Waals surface area contributed by atoms with Gasteiger partial charge in [0.1, 0.15) is 11.7 Å². The van der Waals surface area contributed by atoms with Crippen molar-refractivity contribution in [3.05, 3.63) is 71.3 Å². The Morgan fingerprint density at radius 2 is 1.48 bits per heavy atom. The summed E-state index contributed by atoms with van der Waals surface area (Å²) < 4.78 is 43.8. The van der Waals surface area contributed by atoms with Gasteiger partial charge >= 0.3 is 6.18 Å². The maximum Gasteiger partial charge on any atom is 0.416 e. The fourth-order valence-electron chi connectivity index (χ4n) is 2.45. The highest BCUT2D eigenvalue weighted by Crippen LogP contribution is 2.41. The standard InChI is InChI=1S/C16H13F3O2/c17-16(18,19)13-8-4-7-12(9-13)15(20,14-10-21-14)11-5-2-1-3-6-11/h1-9,14,20H,10H2. The van der Waals surface area contributed by atoms with Crippen molar-refractivity contribution >= 4 is 0 Å². The minimum Gasteiger partial charge on any atom is -0.378 e. The molecule has 0 bridgehead atoms. The number of hydrogen-bond donors (Lipinski definition) is 1. The van der Waals surface area contributed by atoms with E-state index in [0.29, 0.717) is 12.2 Å². The summed E-state index contributed by atoms with van der Waals surface area (Å²) in [5.74, 6) is 0. The molecule has 2 nitrogen and oxygen atoms in total. The summed E-state index contributed by atoms with van der Waals surface area (Å²) in [6.07, 6.45) is -4.97. The zero-order valence-corrected chi connectivity index (χ0v) is 11.0. The van der Waals surface area contributed by atoms with Gasteiger partial charge in [-0.2, -0.15) is 13.2 Å². The lowest BCUT2D eigenvalue weighted by molar-refractivity contribution is -0.137. The first-order valence-electron chi connectivity index (χ1n) is 6.49. The van der Waals surface area contributed by atoms with E-state index in [1.165, 1.54) is 12.1 Å². The van der Waals surface area contributed by atoms with Crippen LogP contribution in [0.4, 0.5) is 13.2 Å². The molecule has 1 aliphatic heterocycles. The summed E-state index contributed by atoms with van der Waals surface area (Å²) in [6.45, 7) is 0.321. The molecule has 0 aliphatic carbocycles. The highest BCUT2D eigenvalue weighted by Gasteiger charge is 2.48. The molecule has 1 aliphatic rings. The molecule has 1 fully saturated rings. The van der Waals surface area contributed by atoms with Crippen molar-refractivity contribution in [2.75, 3.05) is 6.61 Å². The molecule has 1 saturated heterocycles. The van der Waals surface area contributed by atoms with Gasteiger partial charge in [-0.1, -0.05) is 42.5 Å². The van der Waals surface area contributed by atoms with Crippen LogP contribution in [0.15, 0.2) is 54.6 Å². The molecular formula is C16H13F3O2. The second kappa shape index (κ2) is 4.86. The van der Waals surface area contributed by atoms with Gasteiger partial charge in [-0.15, -0.1) is 0 Å². The molecule has 0 spiro atoms. The highest BCUT2D eigenvalue weighted by molar-refractivity contribution is 5.41. The van der Waals surface area contributed by atoms with E-state index < -0.39 is 23.4 Å². The highest BCUT2D eigenvalue weighted by atomic mass is 19.4. The van der Waals surface area contributed by atoms with Gasteiger partial charge in [0.2, 0.25) is 0 Å². The number of epoxide rings is 1. The van der Waals surface area contributed by atoms with Gasteiger partial charge in [-0.25, -0.2) is 0 Å². The van der Waals surface area contributed by atoms with Crippen LogP contribution in [0, 0.1) is 0 Å². The third-order valence-electron chi connectivity index (χ3n) is 3.64. The van der Waals surface area contributed by atoms with Crippen LogP contribution in [-0.2, 0) is 16.5 Å². The lowest BCUT2D eigenvalue weighted by Crippen LogP contribution is -2.34. The lowest BCUT2D eigenvalue weighted by atomic mass is 9.83. The maximum absolute atomic E-state index is 12.9. The van der Waals surface area contributed by atoms with E-state index in [4.69, 9.17) is 4.74 Å². The van der Waals surface area contributed by atoms with Crippen molar-refractivity contribution in [3.8, 4) is 0 Å². The fraction of sp³-hybridized carbons (Fsp3) is 0.250. The predicted octanol–water partition coefficient (Wildman–Crippen LogP) is 3.34. The minimum absolute atomic E-state index is 0.186. The molecule has 21 heavy (non-hydrogen) atoms. The summed E-state index contributed by atoms with van der Waals surface area (Å²) in [6, 6.07) is 13.4. The third kappa shape index (κ3) is 2.54. The molecule has 0 amide bonds. The van der Waals surface area contributed by atoms with Crippen LogP contribution in [0.3, 0.4) is 0 Å². The summed E-state index contributed by atoms with van der Waals surface area (Å²) in [7, 11) is 0. The first-order chi connectivity index (χ1) is 9.92. The topological polar surface area (TPSA) is 32.8 Å². The van der Waals surface area contributed by atoms with E-state index >= 15 is 0 Å². The monoisotopic (exact) mass is 294 g/mol. The van der Waals surface area contributed by atoms with E-state index in [0.717, 1.165) is 12.1 Å². The number of ether oxygens (including phenoxy) is 1. The van der Waals surface area contributed by atoms with Crippen molar-refractivity contribution in [3.63, 3.8) is 0 Å². The summed E-state index contributed by atoms with van der Waals surface area (Å²) in [5.41, 5.74) is -1.64. The van der Waals surface area contributed by atoms with Crippen LogP contribution in [0.1, 0.15) is 16.7 Å². The maximum atomic E-state index is 12.9. The Labute approximate surface area is 119 Å². The smallest absolute Gasteiger partial charge is 0.378 e. The Morgan fingerprint density at radius 3 is 2.05 bits per heavy atom. The van der Waals surface area contributed by atoms with Gasteiger partial charge in [0.25, 0.3) is 0 Å². The number of aliphatic hydroxyl groups is 1. The Bertz CT molecular complexity index is 635. The molecule has 0 radical (unpaired) electrons. The first kappa shape index (κ1) is 14.1. The Kier molecular flexibility index (Phi) is 3.26. The number of benzene rings is 2. The molecule has 110 valence electrons. The Balaban J connectivity index is 2.11. The van der Waals surface area contributed by atoms with Gasteiger partial charge < -0.3 is 9.84 Å². The third-order valence-corrected chi connectivity index (χ3v) is 3.64. The average molecular weight is 294 g/mol. The SMILES string of the molecule is OC(c1ccccc1)(c1cccc(C(F)(F)F)c1)C1CO1. The number of halogens is 3. The van der Waals surface area contributed by atoms with Crippen LogP contribution in [0.2, 0.25) is 0 Å². The molecule has 3 rings (SSSR count). The number of alkyl halides is 3. The van der Waals surface area contributed by atoms with Gasteiger partial charge in [0.05, 0.1) is 12.2 Å². The summed E-state index contributed by atoms with van der Waals surface area (Å²) in [5, 5.41) is 11.0. The zero-order valence-electron chi connectivity index (χ0n) is 11.0. The van der Waals surface area contributed by atoms with Gasteiger partial charge in [0, 0.05) is 0 Å². The zero-order chi connectivity index (χ0) is 15.1. The summed E-state index contributed by atoms with van der Waals surface area (Å²) >= 11 is 0. The van der Waals surface area contributed by atoms with E-state index in [1.54, 1.807) is 30.3 Å². The summed E-state index contributed by atoms with van der Waals surface area (Å²) in [4.78, 5) is 0. The van der Waals surface area contributed by atoms with Gasteiger partial charge in [-0.05, 0) is 23.3 Å². The number of rotatable bonds is 3. The molecule has 1 heterocycles. The van der Waals surface area contributed by atoms with Crippen LogP contribution in [0.25, 0.3) is 0 Å². The lowest BCUT2D eigenvalue weighted by Gasteiger charge is -2.28. The van der Waals surface area contributed by atoms with Gasteiger partial charge in [-0.3, -0.25) is 0 Å². The van der Waals surface area contributed by atoms with Crippen LogP contribution in [0.5, 0.6) is 0 Å². The molecule has 2 aromatic carbocycles. The van der Waals surface area contributed by atoms with Crippen LogP contribution < -0.4 is 0 Å².